The average Bonchev–Trinajstić information content (AvgIpc) is 2.71. The molecule has 1 atom stereocenters. The Hall–Kier alpha value is -2.11. The molecule has 1 aromatic rings. The number of ether oxygens (including phenoxy) is 1. The first-order valence-electron chi connectivity index (χ1n) is 5.53. The van der Waals surface area contributed by atoms with Crippen LogP contribution < -0.4 is 0 Å². The second-order valence-corrected chi connectivity index (χ2v) is 4.05. The minimum atomic E-state index is -4.40. The van der Waals surface area contributed by atoms with E-state index in [1.807, 2.05) is 0 Å². The van der Waals surface area contributed by atoms with E-state index in [-0.39, 0.29) is 11.6 Å². The van der Waals surface area contributed by atoms with Crippen LogP contribution in [-0.4, -0.2) is 18.0 Å². The Labute approximate surface area is 107 Å². The molecule has 0 saturated heterocycles. The monoisotopic (exact) mass is 269 g/mol. The van der Waals surface area contributed by atoms with E-state index in [9.17, 15) is 18.0 Å². The number of rotatable bonds is 2. The molecule has 1 aromatic carbocycles. The summed E-state index contributed by atoms with van der Waals surface area (Å²) < 4.78 is 42.1. The van der Waals surface area contributed by atoms with E-state index in [0.717, 1.165) is 13.0 Å². The highest BCUT2D eigenvalue weighted by molar-refractivity contribution is 6.11. The second-order valence-electron chi connectivity index (χ2n) is 4.05. The van der Waals surface area contributed by atoms with Gasteiger partial charge in [0.25, 0.3) is 0 Å². The third-order valence-electron chi connectivity index (χ3n) is 2.57. The van der Waals surface area contributed by atoms with Crippen LogP contribution in [0.1, 0.15) is 12.5 Å². The van der Waals surface area contributed by atoms with Crippen LogP contribution in [0.25, 0.3) is 0 Å². The standard InChI is InChI=1S/C13H10F3NO2/c1-8(13(14,15)16)7-10-12(18)19-11(17-10)9-5-3-2-4-6-9/h2-8H,1H3/b10-7+/t8-/m0/s1. The van der Waals surface area contributed by atoms with E-state index >= 15 is 0 Å². The van der Waals surface area contributed by atoms with Crippen molar-refractivity contribution in [2.75, 3.05) is 0 Å². The maximum absolute atomic E-state index is 12.4. The number of aliphatic imine (C=N–C) groups is 1. The number of esters is 1. The summed E-state index contributed by atoms with van der Waals surface area (Å²) in [5, 5.41) is 0. The first kappa shape index (κ1) is 13.3. The summed E-state index contributed by atoms with van der Waals surface area (Å²) >= 11 is 0. The van der Waals surface area contributed by atoms with Gasteiger partial charge in [0.1, 0.15) is 5.70 Å². The average molecular weight is 269 g/mol. The van der Waals surface area contributed by atoms with Crippen molar-refractivity contribution in [3.05, 3.63) is 47.7 Å². The number of hydrogen-bond donors (Lipinski definition) is 0. The van der Waals surface area contributed by atoms with Gasteiger partial charge in [-0.15, -0.1) is 0 Å². The van der Waals surface area contributed by atoms with E-state index in [2.05, 4.69) is 4.99 Å². The number of allylic oxidation sites excluding steroid dienone is 1. The number of cyclic esters (lactones) is 1. The minimum absolute atomic E-state index is 0.0197. The van der Waals surface area contributed by atoms with Crippen molar-refractivity contribution < 1.29 is 22.7 Å². The largest absolute Gasteiger partial charge is 0.402 e. The first-order valence-corrected chi connectivity index (χ1v) is 5.53. The molecule has 3 nitrogen and oxygen atoms in total. The predicted octanol–water partition coefficient (Wildman–Crippen LogP) is 3.07. The SMILES string of the molecule is C[C@@H](/C=C1/N=C(c2ccccc2)OC1=O)C(F)(F)F. The summed E-state index contributed by atoms with van der Waals surface area (Å²) in [4.78, 5) is 15.2. The normalized spacial score (nSPS) is 19.3. The summed E-state index contributed by atoms with van der Waals surface area (Å²) in [6.45, 7) is 0.955. The van der Waals surface area contributed by atoms with Gasteiger partial charge in [0.2, 0.25) is 5.90 Å². The number of alkyl halides is 3. The van der Waals surface area contributed by atoms with Gasteiger partial charge in [-0.3, -0.25) is 0 Å². The Morgan fingerprint density at radius 3 is 2.47 bits per heavy atom. The van der Waals surface area contributed by atoms with Crippen LogP contribution in [0.15, 0.2) is 47.1 Å². The van der Waals surface area contributed by atoms with Gasteiger partial charge >= 0.3 is 12.1 Å². The van der Waals surface area contributed by atoms with Crippen LogP contribution in [0.4, 0.5) is 13.2 Å². The fraction of sp³-hybridized carbons (Fsp3) is 0.231. The minimum Gasteiger partial charge on any atom is -0.402 e. The van der Waals surface area contributed by atoms with Gasteiger partial charge in [-0.2, -0.15) is 13.2 Å². The van der Waals surface area contributed by atoms with Crippen LogP contribution >= 0.6 is 0 Å². The van der Waals surface area contributed by atoms with Gasteiger partial charge in [0.05, 0.1) is 5.92 Å². The lowest BCUT2D eigenvalue weighted by atomic mass is 10.1. The molecule has 0 spiro atoms. The van der Waals surface area contributed by atoms with Gasteiger partial charge in [0.15, 0.2) is 0 Å². The first-order chi connectivity index (χ1) is 8.88. The summed E-state index contributed by atoms with van der Waals surface area (Å²) in [5.74, 6) is -2.60. The quantitative estimate of drug-likeness (QED) is 0.611. The van der Waals surface area contributed by atoms with Crippen molar-refractivity contribution in [1.82, 2.24) is 0 Å². The van der Waals surface area contributed by atoms with Crippen molar-refractivity contribution in [2.24, 2.45) is 10.9 Å². The summed E-state index contributed by atoms with van der Waals surface area (Å²) in [7, 11) is 0. The van der Waals surface area contributed by atoms with Crippen LogP contribution in [-0.2, 0) is 9.53 Å². The van der Waals surface area contributed by atoms with Crippen molar-refractivity contribution in [2.45, 2.75) is 13.1 Å². The molecule has 19 heavy (non-hydrogen) atoms. The summed E-state index contributed by atoms with van der Waals surface area (Å²) in [6.07, 6.45) is -3.64. The van der Waals surface area contributed by atoms with Crippen molar-refractivity contribution in [3.8, 4) is 0 Å². The third kappa shape index (κ3) is 3.01. The number of halogens is 3. The highest BCUT2D eigenvalue weighted by Gasteiger charge is 2.36. The molecule has 0 N–H and O–H groups in total. The van der Waals surface area contributed by atoms with Crippen LogP contribution in [0.5, 0.6) is 0 Å². The van der Waals surface area contributed by atoms with E-state index in [0.29, 0.717) is 5.56 Å². The molecule has 100 valence electrons. The molecule has 6 heteroatoms. The number of carbonyl (C=O) groups is 1. The topological polar surface area (TPSA) is 38.7 Å². The van der Waals surface area contributed by atoms with Crippen LogP contribution in [0, 0.1) is 5.92 Å². The highest BCUT2D eigenvalue weighted by Crippen LogP contribution is 2.29. The molecule has 1 heterocycles. The zero-order valence-corrected chi connectivity index (χ0v) is 9.94. The second kappa shape index (κ2) is 4.87. The lowest BCUT2D eigenvalue weighted by Gasteiger charge is -2.10. The van der Waals surface area contributed by atoms with Gasteiger partial charge in [0, 0.05) is 5.56 Å². The highest BCUT2D eigenvalue weighted by atomic mass is 19.4. The molecular weight excluding hydrogens is 259 g/mol. The molecule has 1 aliphatic rings. The number of nitrogens with zero attached hydrogens (tertiary/aromatic N) is 1. The Morgan fingerprint density at radius 2 is 1.89 bits per heavy atom. The van der Waals surface area contributed by atoms with Crippen molar-refractivity contribution in [3.63, 3.8) is 0 Å². The van der Waals surface area contributed by atoms with Crippen molar-refractivity contribution >= 4 is 11.9 Å². The number of hydrogen-bond acceptors (Lipinski definition) is 3. The zero-order valence-electron chi connectivity index (χ0n) is 9.94. The van der Waals surface area contributed by atoms with Gasteiger partial charge in [-0.25, -0.2) is 9.79 Å². The van der Waals surface area contributed by atoms with E-state index in [4.69, 9.17) is 4.74 Å². The molecule has 0 fully saturated rings. The van der Waals surface area contributed by atoms with E-state index in [1.165, 1.54) is 0 Å². The van der Waals surface area contributed by atoms with Gasteiger partial charge < -0.3 is 4.74 Å². The van der Waals surface area contributed by atoms with Gasteiger partial charge in [-0.05, 0) is 18.2 Å². The number of benzene rings is 1. The maximum atomic E-state index is 12.4. The lowest BCUT2D eigenvalue weighted by molar-refractivity contribution is -0.156. The van der Waals surface area contributed by atoms with Crippen LogP contribution in [0.2, 0.25) is 0 Å². The molecular formula is C13H10F3NO2. The molecule has 0 amide bonds. The lowest BCUT2D eigenvalue weighted by Crippen LogP contribution is -2.18. The molecule has 0 aliphatic carbocycles. The Bertz CT molecular complexity index is 547. The van der Waals surface area contributed by atoms with Gasteiger partial charge in [-0.1, -0.05) is 25.1 Å². The fourth-order valence-electron chi connectivity index (χ4n) is 1.46. The third-order valence-corrected chi connectivity index (χ3v) is 2.57. The summed E-state index contributed by atoms with van der Waals surface area (Å²) in [5.41, 5.74) is 0.225. The summed E-state index contributed by atoms with van der Waals surface area (Å²) in [6, 6.07) is 8.51. The maximum Gasteiger partial charge on any atom is 0.394 e. The fourth-order valence-corrected chi connectivity index (χ4v) is 1.46. The van der Waals surface area contributed by atoms with E-state index < -0.39 is 18.1 Å². The van der Waals surface area contributed by atoms with E-state index in [1.54, 1.807) is 30.3 Å². The molecule has 0 radical (unpaired) electrons. The predicted molar refractivity (Wildman–Crippen MR) is 62.4 cm³/mol. The molecule has 2 rings (SSSR count). The Kier molecular flexibility index (Phi) is 3.42. The molecule has 0 aromatic heterocycles. The molecule has 0 bridgehead atoms. The smallest absolute Gasteiger partial charge is 0.394 e. The number of carbonyl (C=O) groups excluding carboxylic acids is 1. The zero-order chi connectivity index (χ0) is 14.0. The van der Waals surface area contributed by atoms with Crippen LogP contribution in [0.3, 0.4) is 0 Å². The molecule has 1 aliphatic heterocycles. The Balaban J connectivity index is 2.27. The molecule has 0 unspecified atom stereocenters. The van der Waals surface area contributed by atoms with Crippen molar-refractivity contribution in [1.29, 1.82) is 0 Å². The molecule has 0 saturated carbocycles. The Morgan fingerprint density at radius 1 is 1.26 bits per heavy atom.